The van der Waals surface area contributed by atoms with E-state index in [4.69, 9.17) is 11.6 Å². The summed E-state index contributed by atoms with van der Waals surface area (Å²) in [5.74, 6) is -0.344. The van der Waals surface area contributed by atoms with E-state index in [2.05, 4.69) is 5.32 Å². The summed E-state index contributed by atoms with van der Waals surface area (Å²) in [6.07, 6.45) is 3.40. The van der Waals surface area contributed by atoms with Crippen LogP contribution in [0.15, 0.2) is 18.2 Å². The molecule has 2 aliphatic heterocycles. The van der Waals surface area contributed by atoms with Crippen LogP contribution in [0, 0.1) is 5.82 Å². The molecule has 0 spiro atoms. The zero-order valence-electron chi connectivity index (χ0n) is 9.42. The maximum absolute atomic E-state index is 13.3. The van der Waals surface area contributed by atoms with Crippen molar-refractivity contribution >= 4 is 11.6 Å². The fourth-order valence-corrected chi connectivity index (χ4v) is 3.49. The zero-order valence-corrected chi connectivity index (χ0v) is 10.2. The van der Waals surface area contributed by atoms with E-state index >= 15 is 0 Å². The molecule has 4 heteroatoms. The molecular formula is C13H15ClFNO. The first kappa shape index (κ1) is 11.5. The molecule has 2 fully saturated rings. The highest BCUT2D eigenvalue weighted by atomic mass is 35.5. The molecule has 2 aliphatic rings. The molecule has 2 nitrogen and oxygen atoms in total. The molecule has 3 rings (SSSR count). The van der Waals surface area contributed by atoms with Crippen molar-refractivity contribution in [3.63, 3.8) is 0 Å². The average molecular weight is 256 g/mol. The average Bonchev–Trinajstić information content (AvgIpc) is 2.62. The number of rotatable bonds is 1. The Hall–Kier alpha value is -0.640. The van der Waals surface area contributed by atoms with E-state index in [-0.39, 0.29) is 5.82 Å². The van der Waals surface area contributed by atoms with Gasteiger partial charge in [0, 0.05) is 22.7 Å². The van der Waals surface area contributed by atoms with Crippen molar-refractivity contribution in [2.75, 3.05) is 0 Å². The third kappa shape index (κ3) is 1.96. The third-order valence-corrected chi connectivity index (χ3v) is 4.26. The van der Waals surface area contributed by atoms with E-state index in [1.54, 1.807) is 0 Å². The van der Waals surface area contributed by atoms with Gasteiger partial charge in [-0.05, 0) is 43.9 Å². The van der Waals surface area contributed by atoms with E-state index < -0.39 is 5.60 Å². The Morgan fingerprint density at radius 2 is 1.94 bits per heavy atom. The molecule has 0 aromatic heterocycles. The molecule has 0 aliphatic carbocycles. The van der Waals surface area contributed by atoms with Gasteiger partial charge < -0.3 is 10.4 Å². The molecule has 1 aromatic carbocycles. The maximum Gasteiger partial charge on any atom is 0.123 e. The lowest BCUT2D eigenvalue weighted by atomic mass is 9.81. The van der Waals surface area contributed by atoms with Crippen LogP contribution in [0.5, 0.6) is 0 Å². The molecular weight excluding hydrogens is 241 g/mol. The first-order valence-electron chi connectivity index (χ1n) is 6.01. The van der Waals surface area contributed by atoms with Crippen LogP contribution in [0.4, 0.5) is 4.39 Å². The molecule has 92 valence electrons. The fourth-order valence-electron chi connectivity index (χ4n) is 3.20. The molecule has 2 unspecified atom stereocenters. The minimum Gasteiger partial charge on any atom is -0.385 e. The second kappa shape index (κ2) is 3.94. The molecule has 17 heavy (non-hydrogen) atoms. The monoisotopic (exact) mass is 255 g/mol. The van der Waals surface area contributed by atoms with Crippen molar-refractivity contribution in [1.82, 2.24) is 5.32 Å². The predicted molar refractivity (Wildman–Crippen MR) is 64.5 cm³/mol. The zero-order chi connectivity index (χ0) is 12.0. The smallest absolute Gasteiger partial charge is 0.123 e. The van der Waals surface area contributed by atoms with E-state index in [0.717, 1.165) is 12.8 Å². The van der Waals surface area contributed by atoms with Crippen LogP contribution in [0.1, 0.15) is 31.2 Å². The van der Waals surface area contributed by atoms with E-state index in [1.165, 1.54) is 18.2 Å². The van der Waals surface area contributed by atoms with Crippen LogP contribution < -0.4 is 5.32 Å². The summed E-state index contributed by atoms with van der Waals surface area (Å²) in [4.78, 5) is 0. The van der Waals surface area contributed by atoms with Gasteiger partial charge in [-0.15, -0.1) is 0 Å². The highest BCUT2D eigenvalue weighted by molar-refractivity contribution is 6.31. The Bertz CT molecular complexity index is 439. The first-order valence-corrected chi connectivity index (χ1v) is 6.39. The van der Waals surface area contributed by atoms with Gasteiger partial charge in [0.05, 0.1) is 5.60 Å². The van der Waals surface area contributed by atoms with Crippen molar-refractivity contribution < 1.29 is 9.50 Å². The largest absolute Gasteiger partial charge is 0.385 e. The Labute approximate surface area is 105 Å². The molecule has 2 heterocycles. The lowest BCUT2D eigenvalue weighted by molar-refractivity contribution is -0.0116. The summed E-state index contributed by atoms with van der Waals surface area (Å²) in [7, 11) is 0. The van der Waals surface area contributed by atoms with Gasteiger partial charge in [0.25, 0.3) is 0 Å². The quantitative estimate of drug-likeness (QED) is 0.809. The highest BCUT2D eigenvalue weighted by Gasteiger charge is 2.44. The van der Waals surface area contributed by atoms with Crippen molar-refractivity contribution in [3.8, 4) is 0 Å². The van der Waals surface area contributed by atoms with Crippen molar-refractivity contribution in [3.05, 3.63) is 34.6 Å². The number of fused-ring (bicyclic) bond motifs is 2. The normalized spacial score (nSPS) is 36.2. The molecule has 1 aromatic rings. The van der Waals surface area contributed by atoms with Gasteiger partial charge in [0.1, 0.15) is 5.82 Å². The number of halogens is 2. The Morgan fingerprint density at radius 1 is 1.29 bits per heavy atom. The van der Waals surface area contributed by atoms with Crippen LogP contribution in [0.25, 0.3) is 0 Å². The molecule has 2 N–H and O–H groups in total. The minimum atomic E-state index is -0.976. The summed E-state index contributed by atoms with van der Waals surface area (Å²) < 4.78 is 13.3. The number of benzene rings is 1. The topological polar surface area (TPSA) is 32.3 Å². The van der Waals surface area contributed by atoms with E-state index in [0.29, 0.717) is 35.5 Å². The SMILES string of the molecule is OC1(c2cc(F)ccc2Cl)CC2CCC(C1)N2. The van der Waals surface area contributed by atoms with Gasteiger partial charge >= 0.3 is 0 Å². The summed E-state index contributed by atoms with van der Waals surface area (Å²) in [5.41, 5.74) is -0.437. The number of piperidine rings is 1. The molecule has 0 saturated carbocycles. The number of aliphatic hydroxyl groups is 1. The molecule has 2 atom stereocenters. The van der Waals surface area contributed by atoms with E-state index in [1.807, 2.05) is 0 Å². The number of hydrogen-bond acceptors (Lipinski definition) is 2. The Kier molecular flexibility index (Phi) is 2.65. The Balaban J connectivity index is 1.99. The second-order valence-corrected chi connectivity index (χ2v) is 5.61. The van der Waals surface area contributed by atoms with Gasteiger partial charge in [0.15, 0.2) is 0 Å². The second-order valence-electron chi connectivity index (χ2n) is 5.20. The summed E-state index contributed by atoms with van der Waals surface area (Å²) in [6, 6.07) is 4.88. The standard InChI is InChI=1S/C13H15ClFNO/c14-12-4-1-8(15)5-11(12)13(17)6-9-2-3-10(7-13)16-9/h1,4-5,9-10,16-17H,2-3,6-7H2. The first-order chi connectivity index (χ1) is 8.07. The van der Waals surface area contributed by atoms with E-state index in [9.17, 15) is 9.50 Å². The van der Waals surface area contributed by atoms with Crippen LogP contribution in [-0.2, 0) is 5.60 Å². The molecule has 2 bridgehead atoms. The van der Waals surface area contributed by atoms with Crippen molar-refractivity contribution in [1.29, 1.82) is 0 Å². The molecule has 0 amide bonds. The minimum absolute atomic E-state index is 0.332. The molecule has 0 radical (unpaired) electrons. The fraction of sp³-hybridized carbons (Fsp3) is 0.538. The van der Waals surface area contributed by atoms with Crippen LogP contribution in [0.3, 0.4) is 0 Å². The summed E-state index contributed by atoms with van der Waals surface area (Å²) in [5, 5.41) is 14.6. The summed E-state index contributed by atoms with van der Waals surface area (Å²) >= 11 is 6.09. The molecule has 2 saturated heterocycles. The van der Waals surface area contributed by atoms with Gasteiger partial charge in [-0.1, -0.05) is 11.6 Å². The van der Waals surface area contributed by atoms with Crippen molar-refractivity contribution in [2.24, 2.45) is 0 Å². The number of nitrogens with one attached hydrogen (secondary N) is 1. The van der Waals surface area contributed by atoms with Crippen molar-refractivity contribution in [2.45, 2.75) is 43.4 Å². The van der Waals surface area contributed by atoms with Crippen LogP contribution in [-0.4, -0.2) is 17.2 Å². The number of hydrogen-bond donors (Lipinski definition) is 2. The lowest BCUT2D eigenvalue weighted by Crippen LogP contribution is -2.46. The van der Waals surface area contributed by atoms with Crippen LogP contribution >= 0.6 is 11.6 Å². The third-order valence-electron chi connectivity index (χ3n) is 3.93. The lowest BCUT2D eigenvalue weighted by Gasteiger charge is -2.38. The summed E-state index contributed by atoms with van der Waals surface area (Å²) in [6.45, 7) is 0. The maximum atomic E-state index is 13.3. The predicted octanol–water partition coefficient (Wildman–Crippen LogP) is 2.58. The van der Waals surface area contributed by atoms with Gasteiger partial charge in [-0.3, -0.25) is 0 Å². The van der Waals surface area contributed by atoms with Gasteiger partial charge in [-0.2, -0.15) is 0 Å². The van der Waals surface area contributed by atoms with Gasteiger partial charge in [-0.25, -0.2) is 4.39 Å². The Morgan fingerprint density at radius 3 is 2.59 bits per heavy atom. The highest BCUT2D eigenvalue weighted by Crippen LogP contribution is 2.43. The van der Waals surface area contributed by atoms with Crippen LogP contribution in [0.2, 0.25) is 5.02 Å². The van der Waals surface area contributed by atoms with Gasteiger partial charge in [0.2, 0.25) is 0 Å².